The first-order valence-electron chi connectivity index (χ1n) is 4.98. The van der Waals surface area contributed by atoms with Crippen LogP contribution >= 0.6 is 7.92 Å². The van der Waals surface area contributed by atoms with Gasteiger partial charge in [0, 0.05) is 0 Å². The second-order valence-corrected chi connectivity index (χ2v) is 5.82. The summed E-state index contributed by atoms with van der Waals surface area (Å²) in [6.07, 6.45) is 5.11. The van der Waals surface area contributed by atoms with Gasteiger partial charge in [-0.3, -0.25) is 0 Å². The van der Waals surface area contributed by atoms with Crippen molar-refractivity contribution in [3.05, 3.63) is 18.2 Å². The van der Waals surface area contributed by atoms with Gasteiger partial charge in [0.2, 0.25) is 0 Å². The van der Waals surface area contributed by atoms with Crippen molar-refractivity contribution in [2.24, 2.45) is 0 Å². The minimum Gasteiger partial charge on any atom is -0.433 e. The first-order chi connectivity index (χ1) is 8.04. The summed E-state index contributed by atoms with van der Waals surface area (Å²) in [4.78, 5) is 0. The maximum atomic E-state index is 12.3. The Bertz CT molecular complexity index is 415. The molecule has 0 heterocycles. The van der Waals surface area contributed by atoms with Gasteiger partial charge in [0.25, 0.3) is 0 Å². The zero-order valence-corrected chi connectivity index (χ0v) is 10.6. The molecule has 0 spiro atoms. The summed E-state index contributed by atoms with van der Waals surface area (Å²) < 4.78 is 29.0. The van der Waals surface area contributed by atoms with Gasteiger partial charge in [-0.25, -0.2) is 0 Å². The fourth-order valence-electron chi connectivity index (χ4n) is 1.27. The van der Waals surface area contributed by atoms with Crippen LogP contribution in [0.15, 0.2) is 18.2 Å². The summed E-state index contributed by atoms with van der Waals surface area (Å²) >= 11 is 0. The van der Waals surface area contributed by atoms with E-state index in [-0.39, 0.29) is 20.2 Å². The third-order valence-electron chi connectivity index (χ3n) is 2.08. The number of nitrogens with one attached hydrogen (secondary N) is 1. The lowest BCUT2D eigenvalue weighted by atomic mass is 10.3. The van der Waals surface area contributed by atoms with Gasteiger partial charge >= 0.3 is 6.61 Å². The summed E-state index contributed by atoms with van der Waals surface area (Å²) in [5, 5.41) is 3.85. The van der Waals surface area contributed by atoms with Gasteiger partial charge in [0.05, 0.1) is 12.2 Å². The highest BCUT2D eigenvalue weighted by Crippen LogP contribution is 2.31. The molecule has 0 radical (unpaired) electrons. The van der Waals surface area contributed by atoms with Crippen LogP contribution in [-0.2, 0) is 0 Å². The van der Waals surface area contributed by atoms with Crippen LogP contribution in [-0.4, -0.2) is 26.5 Å². The normalized spacial score (nSPS) is 10.4. The maximum absolute atomic E-state index is 12.3. The zero-order valence-electron chi connectivity index (χ0n) is 9.71. The van der Waals surface area contributed by atoms with Crippen LogP contribution in [0.25, 0.3) is 0 Å². The molecule has 17 heavy (non-hydrogen) atoms. The number of hydrogen-bond donors (Lipinski definition) is 1. The van der Waals surface area contributed by atoms with Crippen molar-refractivity contribution in [2.45, 2.75) is 6.61 Å². The standard InChI is InChI=1S/C12H14F2NOP/c1-4-7-15-10-6-5-9(17(2)3)8-11(10)16-12(13)14/h1,5-6,8,12,15H,7H2,2-3H3. The van der Waals surface area contributed by atoms with E-state index in [1.807, 2.05) is 19.4 Å². The molecule has 5 heteroatoms. The van der Waals surface area contributed by atoms with Gasteiger partial charge in [-0.15, -0.1) is 6.42 Å². The predicted octanol–water partition coefficient (Wildman–Crippen LogP) is 2.70. The number of anilines is 1. The fraction of sp³-hybridized carbons (Fsp3) is 0.333. The molecule has 1 N–H and O–H groups in total. The third kappa shape index (κ3) is 4.20. The third-order valence-corrected chi connectivity index (χ3v) is 3.39. The van der Waals surface area contributed by atoms with E-state index in [1.165, 1.54) is 0 Å². The molecule has 0 atom stereocenters. The molecule has 0 aromatic heterocycles. The molecule has 0 aliphatic heterocycles. The maximum Gasteiger partial charge on any atom is 0.387 e. The van der Waals surface area contributed by atoms with Gasteiger partial charge in [-0.2, -0.15) is 8.78 Å². The van der Waals surface area contributed by atoms with E-state index in [9.17, 15) is 8.78 Å². The Labute approximate surface area is 101 Å². The Morgan fingerprint density at radius 2 is 2.18 bits per heavy atom. The summed E-state index contributed by atoms with van der Waals surface area (Å²) in [6, 6.07) is 5.24. The number of rotatable bonds is 5. The Hall–Kier alpha value is -1.33. The predicted molar refractivity (Wildman–Crippen MR) is 68.8 cm³/mol. The molecule has 0 aliphatic carbocycles. The van der Waals surface area contributed by atoms with Gasteiger partial charge in [-0.05, 0) is 30.8 Å². The molecule has 0 fully saturated rings. The van der Waals surface area contributed by atoms with Crippen molar-refractivity contribution >= 4 is 18.9 Å². The molecule has 0 unspecified atom stereocenters. The number of ether oxygens (including phenoxy) is 1. The van der Waals surface area contributed by atoms with Crippen LogP contribution in [0.1, 0.15) is 0 Å². The van der Waals surface area contributed by atoms with Crippen molar-refractivity contribution in [2.75, 3.05) is 25.2 Å². The molecule has 0 saturated heterocycles. The molecular formula is C12H14F2NOP. The van der Waals surface area contributed by atoms with E-state index in [1.54, 1.807) is 12.1 Å². The van der Waals surface area contributed by atoms with Crippen LogP contribution < -0.4 is 15.4 Å². The minimum atomic E-state index is -2.84. The smallest absolute Gasteiger partial charge is 0.387 e. The van der Waals surface area contributed by atoms with Gasteiger partial charge in [0.1, 0.15) is 5.75 Å². The Morgan fingerprint density at radius 1 is 1.47 bits per heavy atom. The van der Waals surface area contributed by atoms with Gasteiger partial charge < -0.3 is 10.1 Å². The molecule has 1 rings (SSSR count). The molecule has 0 bridgehead atoms. The van der Waals surface area contributed by atoms with Gasteiger partial charge in [0.15, 0.2) is 0 Å². The lowest BCUT2D eigenvalue weighted by Crippen LogP contribution is -2.10. The SMILES string of the molecule is C#CCNc1ccc(P(C)C)cc1OC(F)F. The summed E-state index contributed by atoms with van der Waals surface area (Å²) in [5.74, 6) is 2.53. The molecule has 1 aromatic rings. The van der Waals surface area contributed by atoms with Crippen molar-refractivity contribution in [1.82, 2.24) is 0 Å². The highest BCUT2D eigenvalue weighted by atomic mass is 31.1. The molecule has 1 aromatic carbocycles. The molecule has 0 saturated carbocycles. The topological polar surface area (TPSA) is 21.3 Å². The average Bonchev–Trinajstić information content (AvgIpc) is 2.26. The lowest BCUT2D eigenvalue weighted by molar-refractivity contribution is -0.0493. The van der Waals surface area contributed by atoms with Crippen LogP contribution in [0.5, 0.6) is 5.75 Å². The Balaban J connectivity index is 2.99. The summed E-state index contributed by atoms with van der Waals surface area (Å²) in [7, 11) is -0.355. The number of benzene rings is 1. The van der Waals surface area contributed by atoms with Crippen LogP contribution in [0, 0.1) is 12.3 Å². The van der Waals surface area contributed by atoms with E-state index in [0.717, 1.165) is 5.30 Å². The largest absolute Gasteiger partial charge is 0.433 e. The molecule has 0 amide bonds. The Kier molecular flexibility index (Phi) is 5.18. The number of halogens is 2. The molecule has 2 nitrogen and oxygen atoms in total. The number of terminal acetylenes is 1. The summed E-state index contributed by atoms with van der Waals surface area (Å²) in [6.45, 7) is 1.53. The van der Waals surface area contributed by atoms with Crippen molar-refractivity contribution in [3.8, 4) is 18.1 Å². The summed E-state index contributed by atoms with van der Waals surface area (Å²) in [5.41, 5.74) is 0.490. The average molecular weight is 257 g/mol. The van der Waals surface area contributed by atoms with E-state index in [2.05, 4.69) is 16.0 Å². The lowest BCUT2D eigenvalue weighted by Gasteiger charge is -2.14. The van der Waals surface area contributed by atoms with E-state index in [0.29, 0.717) is 5.69 Å². The zero-order chi connectivity index (χ0) is 12.8. The number of alkyl halides is 2. The van der Waals surface area contributed by atoms with Crippen molar-refractivity contribution in [1.29, 1.82) is 0 Å². The minimum absolute atomic E-state index is 0.143. The van der Waals surface area contributed by atoms with Crippen LogP contribution in [0.4, 0.5) is 14.5 Å². The number of hydrogen-bond acceptors (Lipinski definition) is 2. The van der Waals surface area contributed by atoms with Crippen molar-refractivity contribution < 1.29 is 13.5 Å². The molecule has 0 aliphatic rings. The molecule has 92 valence electrons. The molecular weight excluding hydrogens is 243 g/mol. The van der Waals surface area contributed by atoms with E-state index >= 15 is 0 Å². The second kappa shape index (κ2) is 6.42. The quantitative estimate of drug-likeness (QED) is 0.647. The highest BCUT2D eigenvalue weighted by Gasteiger charge is 2.11. The second-order valence-electron chi connectivity index (χ2n) is 3.51. The van der Waals surface area contributed by atoms with Crippen molar-refractivity contribution in [3.63, 3.8) is 0 Å². The fourth-order valence-corrected chi connectivity index (χ4v) is 2.02. The van der Waals surface area contributed by atoms with Crippen LogP contribution in [0.3, 0.4) is 0 Å². The first kappa shape index (κ1) is 13.7. The Morgan fingerprint density at radius 3 is 2.71 bits per heavy atom. The van der Waals surface area contributed by atoms with E-state index in [4.69, 9.17) is 6.42 Å². The van der Waals surface area contributed by atoms with E-state index < -0.39 is 6.61 Å². The van der Waals surface area contributed by atoms with Crippen LogP contribution in [0.2, 0.25) is 0 Å². The van der Waals surface area contributed by atoms with Gasteiger partial charge in [-0.1, -0.05) is 19.9 Å². The first-order valence-corrected chi connectivity index (χ1v) is 7.21. The highest BCUT2D eigenvalue weighted by molar-refractivity contribution is 7.64. The monoisotopic (exact) mass is 257 g/mol.